The normalized spacial score (nSPS) is 23.8. The largest absolute Gasteiger partial charge is 0.378 e. The van der Waals surface area contributed by atoms with Gasteiger partial charge in [-0.25, -0.2) is 0 Å². The monoisotopic (exact) mass is 242 g/mol. The zero-order valence-electron chi connectivity index (χ0n) is 11.7. The van der Waals surface area contributed by atoms with E-state index in [1.54, 1.807) is 0 Å². The molecule has 102 valence electrons. The van der Waals surface area contributed by atoms with Crippen LogP contribution >= 0.6 is 0 Å². The third-order valence-electron chi connectivity index (χ3n) is 4.03. The maximum atomic E-state index is 5.64. The van der Waals surface area contributed by atoms with Crippen molar-refractivity contribution in [3.63, 3.8) is 0 Å². The zero-order chi connectivity index (χ0) is 12.5. The van der Waals surface area contributed by atoms with Crippen LogP contribution in [0, 0.1) is 5.92 Å². The molecule has 0 aromatic rings. The van der Waals surface area contributed by atoms with Crippen LogP contribution in [0.25, 0.3) is 0 Å². The molecule has 0 saturated carbocycles. The van der Waals surface area contributed by atoms with Crippen molar-refractivity contribution in [2.45, 2.75) is 52.0 Å². The van der Waals surface area contributed by atoms with Gasteiger partial charge >= 0.3 is 0 Å². The average molecular weight is 242 g/mol. The Labute approximate surface area is 107 Å². The van der Waals surface area contributed by atoms with Crippen LogP contribution < -0.4 is 5.73 Å². The predicted octanol–water partition coefficient (Wildman–Crippen LogP) is 2.25. The van der Waals surface area contributed by atoms with Gasteiger partial charge in [0.1, 0.15) is 0 Å². The van der Waals surface area contributed by atoms with Gasteiger partial charge in [0, 0.05) is 12.6 Å². The van der Waals surface area contributed by atoms with Crippen molar-refractivity contribution in [2.24, 2.45) is 11.7 Å². The van der Waals surface area contributed by atoms with Crippen LogP contribution in [0.2, 0.25) is 0 Å². The predicted molar refractivity (Wildman–Crippen MR) is 73.2 cm³/mol. The Balaban J connectivity index is 2.19. The molecule has 0 amide bonds. The Morgan fingerprint density at radius 3 is 2.82 bits per heavy atom. The van der Waals surface area contributed by atoms with E-state index in [2.05, 4.69) is 18.7 Å². The molecule has 17 heavy (non-hydrogen) atoms. The second-order valence-electron chi connectivity index (χ2n) is 5.17. The van der Waals surface area contributed by atoms with E-state index in [1.165, 1.54) is 38.6 Å². The highest BCUT2D eigenvalue weighted by atomic mass is 16.5. The molecule has 0 bridgehead atoms. The molecule has 1 aliphatic heterocycles. The van der Waals surface area contributed by atoms with Gasteiger partial charge in [-0.1, -0.05) is 20.3 Å². The zero-order valence-corrected chi connectivity index (χ0v) is 11.7. The van der Waals surface area contributed by atoms with Gasteiger partial charge in [0.25, 0.3) is 0 Å². The topological polar surface area (TPSA) is 38.5 Å². The number of rotatable bonds is 8. The Morgan fingerprint density at radius 2 is 2.18 bits per heavy atom. The summed E-state index contributed by atoms with van der Waals surface area (Å²) in [6.45, 7) is 9.58. The summed E-state index contributed by atoms with van der Waals surface area (Å²) in [7, 11) is 0. The number of ether oxygens (including phenoxy) is 1. The lowest BCUT2D eigenvalue weighted by Gasteiger charge is -2.35. The molecule has 1 heterocycles. The maximum absolute atomic E-state index is 5.64. The van der Waals surface area contributed by atoms with Crippen LogP contribution in [0.15, 0.2) is 0 Å². The molecule has 0 aromatic carbocycles. The van der Waals surface area contributed by atoms with Gasteiger partial charge in [0.05, 0.1) is 13.2 Å². The van der Waals surface area contributed by atoms with E-state index < -0.39 is 0 Å². The Morgan fingerprint density at radius 1 is 1.35 bits per heavy atom. The molecule has 1 fully saturated rings. The van der Waals surface area contributed by atoms with E-state index in [9.17, 15) is 0 Å². The average Bonchev–Trinajstić information content (AvgIpc) is 2.38. The quantitative estimate of drug-likeness (QED) is 0.709. The number of morpholine rings is 1. The van der Waals surface area contributed by atoms with E-state index in [0.29, 0.717) is 6.04 Å². The van der Waals surface area contributed by atoms with Crippen LogP contribution in [0.5, 0.6) is 0 Å². The van der Waals surface area contributed by atoms with Crippen molar-refractivity contribution >= 4 is 0 Å². The number of nitrogens with zero attached hydrogens (tertiary/aromatic N) is 1. The minimum Gasteiger partial charge on any atom is -0.378 e. The molecule has 0 radical (unpaired) electrons. The number of hydrogen-bond donors (Lipinski definition) is 1. The van der Waals surface area contributed by atoms with Gasteiger partial charge in [0.15, 0.2) is 0 Å². The summed E-state index contributed by atoms with van der Waals surface area (Å²) in [6.07, 6.45) is 6.32. The van der Waals surface area contributed by atoms with Crippen LogP contribution in [-0.2, 0) is 4.74 Å². The summed E-state index contributed by atoms with van der Waals surface area (Å²) in [6, 6.07) is 0.651. The van der Waals surface area contributed by atoms with Gasteiger partial charge in [0.2, 0.25) is 0 Å². The summed E-state index contributed by atoms with van der Waals surface area (Å²) < 4.78 is 5.53. The van der Waals surface area contributed by atoms with E-state index in [0.717, 1.165) is 32.2 Å². The molecular weight excluding hydrogens is 212 g/mol. The van der Waals surface area contributed by atoms with Gasteiger partial charge in [-0.05, 0) is 44.7 Å². The summed E-state index contributed by atoms with van der Waals surface area (Å²) in [4.78, 5) is 2.61. The lowest BCUT2D eigenvalue weighted by atomic mass is 9.96. The number of hydrogen-bond acceptors (Lipinski definition) is 3. The van der Waals surface area contributed by atoms with E-state index in [1.807, 2.05) is 0 Å². The molecule has 2 atom stereocenters. The standard InChI is InChI=1S/C14H30N2O/c1-3-13(7-8-15)6-5-9-16-10-11-17-12-14(16)4-2/h13-14H,3-12,15H2,1-2H3. The second kappa shape index (κ2) is 8.90. The van der Waals surface area contributed by atoms with Crippen molar-refractivity contribution < 1.29 is 4.74 Å². The molecule has 3 heteroatoms. The minimum atomic E-state index is 0.651. The highest BCUT2D eigenvalue weighted by Gasteiger charge is 2.20. The fraction of sp³-hybridized carbons (Fsp3) is 1.00. The first-order valence-corrected chi connectivity index (χ1v) is 7.33. The van der Waals surface area contributed by atoms with E-state index >= 15 is 0 Å². The Hall–Kier alpha value is -0.120. The minimum absolute atomic E-state index is 0.651. The lowest BCUT2D eigenvalue weighted by Crippen LogP contribution is -2.45. The molecule has 0 aromatic heterocycles. The van der Waals surface area contributed by atoms with Gasteiger partial charge in [-0.2, -0.15) is 0 Å². The van der Waals surface area contributed by atoms with Crippen molar-refractivity contribution in [3.8, 4) is 0 Å². The third kappa shape index (κ3) is 5.36. The Bertz CT molecular complexity index is 187. The highest BCUT2D eigenvalue weighted by Crippen LogP contribution is 2.17. The molecule has 1 saturated heterocycles. The highest BCUT2D eigenvalue weighted by molar-refractivity contribution is 4.74. The molecule has 1 rings (SSSR count). The SMILES string of the molecule is CCC(CCN)CCCN1CCOCC1CC. The summed E-state index contributed by atoms with van der Waals surface area (Å²) in [5.41, 5.74) is 5.64. The van der Waals surface area contributed by atoms with Crippen LogP contribution in [0.1, 0.15) is 46.0 Å². The Kier molecular flexibility index (Phi) is 7.82. The summed E-state index contributed by atoms with van der Waals surface area (Å²) in [5, 5.41) is 0. The molecule has 2 unspecified atom stereocenters. The number of nitrogens with two attached hydrogens (primary N) is 1. The first-order chi connectivity index (χ1) is 8.31. The first kappa shape index (κ1) is 14.9. The van der Waals surface area contributed by atoms with Crippen molar-refractivity contribution in [1.29, 1.82) is 0 Å². The fourth-order valence-corrected chi connectivity index (χ4v) is 2.73. The van der Waals surface area contributed by atoms with Crippen LogP contribution in [-0.4, -0.2) is 43.8 Å². The second-order valence-corrected chi connectivity index (χ2v) is 5.17. The van der Waals surface area contributed by atoms with Crippen LogP contribution in [0.3, 0.4) is 0 Å². The molecule has 1 aliphatic rings. The van der Waals surface area contributed by atoms with Gasteiger partial charge in [-0.3, -0.25) is 4.90 Å². The molecule has 0 aliphatic carbocycles. The lowest BCUT2D eigenvalue weighted by molar-refractivity contribution is -0.00960. The van der Waals surface area contributed by atoms with E-state index in [-0.39, 0.29) is 0 Å². The molecular formula is C14H30N2O. The molecule has 3 nitrogen and oxygen atoms in total. The maximum Gasteiger partial charge on any atom is 0.0622 e. The van der Waals surface area contributed by atoms with Gasteiger partial charge in [-0.15, -0.1) is 0 Å². The van der Waals surface area contributed by atoms with Crippen LogP contribution in [0.4, 0.5) is 0 Å². The summed E-state index contributed by atoms with van der Waals surface area (Å²) in [5.74, 6) is 0.834. The first-order valence-electron chi connectivity index (χ1n) is 7.33. The van der Waals surface area contributed by atoms with Crippen molar-refractivity contribution in [3.05, 3.63) is 0 Å². The van der Waals surface area contributed by atoms with Crippen molar-refractivity contribution in [2.75, 3.05) is 32.8 Å². The molecule has 2 N–H and O–H groups in total. The fourth-order valence-electron chi connectivity index (χ4n) is 2.73. The smallest absolute Gasteiger partial charge is 0.0622 e. The molecule has 0 spiro atoms. The third-order valence-corrected chi connectivity index (χ3v) is 4.03. The summed E-state index contributed by atoms with van der Waals surface area (Å²) >= 11 is 0. The van der Waals surface area contributed by atoms with Gasteiger partial charge < -0.3 is 10.5 Å². The van der Waals surface area contributed by atoms with Crippen molar-refractivity contribution in [1.82, 2.24) is 4.90 Å². The van der Waals surface area contributed by atoms with E-state index in [4.69, 9.17) is 10.5 Å².